The van der Waals surface area contributed by atoms with Crippen LogP contribution in [0.1, 0.15) is 39.9 Å². The van der Waals surface area contributed by atoms with E-state index in [1.165, 1.54) is 0 Å². The lowest BCUT2D eigenvalue weighted by molar-refractivity contribution is -0.121. The van der Waals surface area contributed by atoms with Crippen LogP contribution in [0.2, 0.25) is 0 Å². The molecule has 0 radical (unpaired) electrons. The molecule has 6 nitrogen and oxygen atoms in total. The second-order valence-corrected chi connectivity index (χ2v) is 6.14. The molecule has 0 spiro atoms. The number of furan rings is 1. The maximum absolute atomic E-state index is 11.7. The average Bonchev–Trinajstić information content (AvgIpc) is 2.85. The number of nitrogens with one attached hydrogen (secondary N) is 3. The van der Waals surface area contributed by atoms with Gasteiger partial charge in [-0.05, 0) is 46.2 Å². The van der Waals surface area contributed by atoms with Crippen molar-refractivity contribution in [2.75, 3.05) is 6.54 Å². The van der Waals surface area contributed by atoms with Crippen molar-refractivity contribution >= 4 is 11.9 Å². The highest BCUT2D eigenvalue weighted by molar-refractivity contribution is 5.84. The Kier molecular flexibility index (Phi) is 6.27. The quantitative estimate of drug-likeness (QED) is 0.748. The summed E-state index contributed by atoms with van der Waals surface area (Å²) in [7, 11) is 0. The number of carbonyl (C=O) groups excluding carboxylic acids is 2. The molecular weight excluding hydrogens is 270 g/mol. The number of hydrogen-bond donors (Lipinski definition) is 3. The van der Waals surface area contributed by atoms with Gasteiger partial charge < -0.3 is 20.4 Å². The number of hydrogen-bond acceptors (Lipinski definition) is 3. The Morgan fingerprint density at radius 2 is 2.05 bits per heavy atom. The lowest BCUT2D eigenvalue weighted by atomic mass is 10.1. The predicted octanol–water partition coefficient (Wildman–Crippen LogP) is 1.81. The van der Waals surface area contributed by atoms with Crippen LogP contribution in [0.15, 0.2) is 22.8 Å². The monoisotopic (exact) mass is 295 g/mol. The standard InChI is InChI=1S/C15H25N3O3/c1-11(7-8-12-6-5-9-21-12)17-14(20)16-10-13(19)18-15(2,3)4/h5-6,9,11H,7-8,10H2,1-4H3,(H,18,19)(H2,16,17,20)/t11-/m0/s1. The number of rotatable bonds is 6. The molecule has 0 unspecified atom stereocenters. The van der Waals surface area contributed by atoms with E-state index in [0.717, 1.165) is 18.6 Å². The zero-order chi connectivity index (χ0) is 15.9. The number of carbonyl (C=O) groups is 2. The highest BCUT2D eigenvalue weighted by Crippen LogP contribution is 2.05. The van der Waals surface area contributed by atoms with Gasteiger partial charge in [0, 0.05) is 18.0 Å². The fraction of sp³-hybridized carbons (Fsp3) is 0.600. The van der Waals surface area contributed by atoms with Crippen LogP contribution in [0.3, 0.4) is 0 Å². The van der Waals surface area contributed by atoms with Gasteiger partial charge in [-0.3, -0.25) is 4.79 Å². The van der Waals surface area contributed by atoms with Crippen molar-refractivity contribution < 1.29 is 14.0 Å². The average molecular weight is 295 g/mol. The molecular formula is C15H25N3O3. The maximum atomic E-state index is 11.7. The third-order valence-electron chi connectivity index (χ3n) is 2.71. The highest BCUT2D eigenvalue weighted by Gasteiger charge is 2.14. The second kappa shape index (κ2) is 7.71. The van der Waals surface area contributed by atoms with Crippen LogP contribution in [0.5, 0.6) is 0 Å². The minimum absolute atomic E-state index is 0.000720. The van der Waals surface area contributed by atoms with Gasteiger partial charge in [0.05, 0.1) is 12.8 Å². The molecule has 0 fully saturated rings. The van der Waals surface area contributed by atoms with Gasteiger partial charge in [0.2, 0.25) is 5.91 Å². The number of amides is 3. The molecule has 6 heteroatoms. The molecule has 0 bridgehead atoms. The molecule has 3 N–H and O–H groups in total. The molecule has 0 saturated heterocycles. The van der Waals surface area contributed by atoms with Crippen LogP contribution >= 0.6 is 0 Å². The maximum Gasteiger partial charge on any atom is 0.315 e. The third-order valence-corrected chi connectivity index (χ3v) is 2.71. The van der Waals surface area contributed by atoms with Gasteiger partial charge in [0.1, 0.15) is 5.76 Å². The fourth-order valence-electron chi connectivity index (χ4n) is 1.78. The number of urea groups is 1. The van der Waals surface area contributed by atoms with Gasteiger partial charge in [-0.15, -0.1) is 0 Å². The van der Waals surface area contributed by atoms with Crippen molar-refractivity contribution in [1.82, 2.24) is 16.0 Å². The predicted molar refractivity (Wildman–Crippen MR) is 80.9 cm³/mol. The van der Waals surface area contributed by atoms with E-state index in [-0.39, 0.29) is 30.1 Å². The minimum atomic E-state index is -0.342. The molecule has 1 atom stereocenters. The van der Waals surface area contributed by atoms with Crippen LogP contribution in [0.4, 0.5) is 4.79 Å². The summed E-state index contributed by atoms with van der Waals surface area (Å²) in [6.45, 7) is 7.55. The first-order valence-electron chi connectivity index (χ1n) is 7.14. The van der Waals surface area contributed by atoms with Crippen LogP contribution in [0.25, 0.3) is 0 Å². The van der Waals surface area contributed by atoms with Crippen molar-refractivity contribution in [1.29, 1.82) is 0 Å². The topological polar surface area (TPSA) is 83.4 Å². The lowest BCUT2D eigenvalue weighted by Gasteiger charge is -2.21. The van der Waals surface area contributed by atoms with E-state index in [4.69, 9.17) is 4.42 Å². The summed E-state index contributed by atoms with van der Waals surface area (Å²) in [6.07, 6.45) is 3.17. The molecule has 0 saturated carbocycles. The molecule has 0 aliphatic carbocycles. The Bertz CT molecular complexity index is 449. The fourth-order valence-corrected chi connectivity index (χ4v) is 1.78. The highest BCUT2D eigenvalue weighted by atomic mass is 16.3. The number of aryl methyl sites for hydroxylation is 1. The second-order valence-electron chi connectivity index (χ2n) is 6.14. The Morgan fingerprint density at radius 3 is 2.62 bits per heavy atom. The SMILES string of the molecule is C[C@@H](CCc1ccco1)NC(=O)NCC(=O)NC(C)(C)C. The van der Waals surface area contributed by atoms with Crippen molar-refractivity contribution in [2.24, 2.45) is 0 Å². The molecule has 1 aromatic heterocycles. The first-order valence-corrected chi connectivity index (χ1v) is 7.14. The summed E-state index contributed by atoms with van der Waals surface area (Å²) in [5.41, 5.74) is -0.300. The van der Waals surface area contributed by atoms with E-state index < -0.39 is 0 Å². The normalized spacial score (nSPS) is 12.6. The molecule has 0 aromatic carbocycles. The first kappa shape index (κ1) is 17.1. The van der Waals surface area contributed by atoms with E-state index >= 15 is 0 Å². The summed E-state index contributed by atoms with van der Waals surface area (Å²) in [5, 5.41) is 8.11. The largest absolute Gasteiger partial charge is 0.469 e. The Hall–Kier alpha value is -1.98. The smallest absolute Gasteiger partial charge is 0.315 e. The Labute approximate surface area is 125 Å². The lowest BCUT2D eigenvalue weighted by Crippen LogP contribution is -2.48. The Morgan fingerprint density at radius 1 is 1.33 bits per heavy atom. The summed E-state index contributed by atoms with van der Waals surface area (Å²) < 4.78 is 5.23. The molecule has 118 valence electrons. The molecule has 21 heavy (non-hydrogen) atoms. The van der Waals surface area contributed by atoms with Crippen LogP contribution < -0.4 is 16.0 Å². The molecule has 1 aromatic rings. The van der Waals surface area contributed by atoms with Crippen LogP contribution in [-0.4, -0.2) is 30.1 Å². The zero-order valence-corrected chi connectivity index (χ0v) is 13.2. The summed E-state index contributed by atoms with van der Waals surface area (Å²) in [5.74, 6) is 0.689. The van der Waals surface area contributed by atoms with E-state index in [1.807, 2.05) is 39.8 Å². The van der Waals surface area contributed by atoms with Crippen molar-refractivity contribution in [3.8, 4) is 0 Å². The molecule has 1 rings (SSSR count). The first-order chi connectivity index (χ1) is 9.76. The van der Waals surface area contributed by atoms with Gasteiger partial charge in [0.25, 0.3) is 0 Å². The van der Waals surface area contributed by atoms with Crippen LogP contribution in [-0.2, 0) is 11.2 Å². The van der Waals surface area contributed by atoms with Crippen LogP contribution in [0, 0.1) is 0 Å². The van der Waals surface area contributed by atoms with Gasteiger partial charge in [-0.2, -0.15) is 0 Å². The minimum Gasteiger partial charge on any atom is -0.469 e. The zero-order valence-electron chi connectivity index (χ0n) is 13.2. The van der Waals surface area contributed by atoms with E-state index in [9.17, 15) is 9.59 Å². The summed E-state index contributed by atoms with van der Waals surface area (Å²) in [4.78, 5) is 23.2. The van der Waals surface area contributed by atoms with Gasteiger partial charge in [-0.25, -0.2) is 4.79 Å². The molecule has 0 aliphatic heterocycles. The van der Waals surface area contributed by atoms with E-state index in [0.29, 0.717) is 0 Å². The van der Waals surface area contributed by atoms with Crippen molar-refractivity contribution in [3.05, 3.63) is 24.2 Å². The molecule has 3 amide bonds. The summed E-state index contributed by atoms with van der Waals surface area (Å²) in [6, 6.07) is 3.41. The summed E-state index contributed by atoms with van der Waals surface area (Å²) >= 11 is 0. The van der Waals surface area contributed by atoms with E-state index in [2.05, 4.69) is 16.0 Å². The van der Waals surface area contributed by atoms with Gasteiger partial charge in [-0.1, -0.05) is 0 Å². The molecule has 1 heterocycles. The van der Waals surface area contributed by atoms with Crippen molar-refractivity contribution in [2.45, 2.75) is 52.1 Å². The molecule has 0 aliphatic rings. The Balaban J connectivity index is 2.19. The van der Waals surface area contributed by atoms with Gasteiger partial charge >= 0.3 is 6.03 Å². The van der Waals surface area contributed by atoms with Gasteiger partial charge in [0.15, 0.2) is 0 Å². The van der Waals surface area contributed by atoms with E-state index in [1.54, 1.807) is 6.26 Å². The third kappa shape index (κ3) is 8.02. The van der Waals surface area contributed by atoms with Crippen molar-refractivity contribution in [3.63, 3.8) is 0 Å².